The van der Waals surface area contributed by atoms with Crippen molar-refractivity contribution in [3.05, 3.63) is 126 Å². The molecule has 4 aromatic rings. The van der Waals surface area contributed by atoms with Crippen molar-refractivity contribution in [2.45, 2.75) is 6.42 Å². The second-order valence-electron chi connectivity index (χ2n) is 7.43. The summed E-state index contributed by atoms with van der Waals surface area (Å²) in [4.78, 5) is 26.1. The van der Waals surface area contributed by atoms with Crippen molar-refractivity contribution in [3.63, 3.8) is 0 Å². The first kappa shape index (κ1) is 21.8. The number of furan rings is 1. The Morgan fingerprint density at radius 3 is 2.21 bits per heavy atom. The predicted molar refractivity (Wildman–Crippen MR) is 131 cm³/mol. The van der Waals surface area contributed by atoms with E-state index in [-0.39, 0.29) is 11.8 Å². The molecular formula is C28H24N2O3. The van der Waals surface area contributed by atoms with Crippen LogP contribution < -0.4 is 10.6 Å². The van der Waals surface area contributed by atoms with E-state index in [1.54, 1.807) is 48.7 Å². The van der Waals surface area contributed by atoms with Gasteiger partial charge in [-0.05, 0) is 47.9 Å². The first-order chi connectivity index (χ1) is 16.2. The Bertz CT molecular complexity index is 1230. The van der Waals surface area contributed by atoms with Crippen LogP contribution in [-0.4, -0.2) is 18.4 Å². The lowest BCUT2D eigenvalue weighted by Crippen LogP contribution is -2.27. The van der Waals surface area contributed by atoms with E-state index in [4.69, 9.17) is 4.42 Å². The summed E-state index contributed by atoms with van der Waals surface area (Å²) in [5.41, 5.74) is 3.18. The molecule has 0 aliphatic heterocycles. The van der Waals surface area contributed by atoms with E-state index in [9.17, 15) is 9.59 Å². The van der Waals surface area contributed by atoms with Crippen LogP contribution in [0.25, 0.3) is 11.6 Å². The molecule has 0 bridgehead atoms. The molecule has 0 fully saturated rings. The first-order valence-corrected chi connectivity index (χ1v) is 10.7. The summed E-state index contributed by atoms with van der Waals surface area (Å²) in [6.45, 7) is 0.499. The van der Waals surface area contributed by atoms with Gasteiger partial charge in [-0.15, -0.1) is 0 Å². The summed E-state index contributed by atoms with van der Waals surface area (Å²) in [6.07, 6.45) is 3.97. The number of carbonyl (C=O) groups excluding carboxylic acids is 2. The fourth-order valence-electron chi connectivity index (χ4n) is 3.45. The molecule has 5 nitrogen and oxygen atoms in total. The summed E-state index contributed by atoms with van der Waals surface area (Å²) < 4.78 is 5.41. The Hall–Kier alpha value is -4.38. The minimum Gasteiger partial charge on any atom is -0.465 e. The van der Waals surface area contributed by atoms with E-state index in [2.05, 4.69) is 10.6 Å². The number of benzene rings is 3. The monoisotopic (exact) mass is 436 g/mol. The summed E-state index contributed by atoms with van der Waals surface area (Å²) in [5.74, 6) is -0.00353. The molecule has 0 atom stereocenters. The maximum absolute atomic E-state index is 13.3. The number of hydrogen-bond acceptors (Lipinski definition) is 3. The molecule has 33 heavy (non-hydrogen) atoms. The van der Waals surface area contributed by atoms with Crippen molar-refractivity contribution in [2.24, 2.45) is 0 Å². The number of hydrogen-bond donors (Lipinski definition) is 2. The molecule has 1 heterocycles. The van der Waals surface area contributed by atoms with E-state index in [1.165, 1.54) is 0 Å². The Kier molecular flexibility index (Phi) is 7.13. The number of nitrogens with one attached hydrogen (secondary N) is 2. The summed E-state index contributed by atoms with van der Waals surface area (Å²) in [6, 6.07) is 29.8. The molecule has 1 aromatic heterocycles. The quantitative estimate of drug-likeness (QED) is 0.362. The largest absolute Gasteiger partial charge is 0.465 e. The third kappa shape index (κ3) is 5.86. The fraction of sp³-hybridized carbons (Fsp3) is 0.0714. The van der Waals surface area contributed by atoms with Gasteiger partial charge in [0.2, 0.25) is 0 Å². The number of anilines is 1. The predicted octanol–water partition coefficient (Wildman–Crippen LogP) is 5.43. The molecule has 0 aliphatic carbocycles. The molecule has 5 heteroatoms. The molecule has 0 unspecified atom stereocenters. The van der Waals surface area contributed by atoms with Crippen LogP contribution in [0.15, 0.2) is 108 Å². The molecule has 0 saturated carbocycles. The van der Waals surface area contributed by atoms with Gasteiger partial charge in [-0.1, -0.05) is 72.8 Å². The Morgan fingerprint density at radius 1 is 0.788 bits per heavy atom. The highest BCUT2D eigenvalue weighted by Crippen LogP contribution is 2.22. The lowest BCUT2D eigenvalue weighted by atomic mass is 10.0. The van der Waals surface area contributed by atoms with Crippen LogP contribution in [-0.2, 0) is 11.2 Å². The van der Waals surface area contributed by atoms with Crippen LogP contribution in [0.1, 0.15) is 27.2 Å². The van der Waals surface area contributed by atoms with Crippen LogP contribution in [0.3, 0.4) is 0 Å². The Balaban J connectivity index is 1.51. The number of rotatable bonds is 8. The van der Waals surface area contributed by atoms with Gasteiger partial charge in [0.05, 0.1) is 23.1 Å². The van der Waals surface area contributed by atoms with E-state index < -0.39 is 0 Å². The SMILES string of the molecule is O=C(Nc1ccccc1C(=O)NCCc1ccccc1)/C(=C/c1ccco1)c1ccccc1. The van der Waals surface area contributed by atoms with E-state index in [0.29, 0.717) is 29.1 Å². The molecule has 0 saturated heterocycles. The van der Waals surface area contributed by atoms with Gasteiger partial charge in [0, 0.05) is 6.54 Å². The van der Waals surface area contributed by atoms with Gasteiger partial charge in [0.15, 0.2) is 0 Å². The zero-order valence-corrected chi connectivity index (χ0v) is 18.0. The maximum Gasteiger partial charge on any atom is 0.256 e. The molecule has 3 aromatic carbocycles. The lowest BCUT2D eigenvalue weighted by Gasteiger charge is -2.13. The molecular weight excluding hydrogens is 412 g/mol. The van der Waals surface area contributed by atoms with Gasteiger partial charge in [0.1, 0.15) is 5.76 Å². The Labute approximate surface area is 192 Å². The first-order valence-electron chi connectivity index (χ1n) is 10.7. The van der Waals surface area contributed by atoms with Crippen LogP contribution >= 0.6 is 0 Å². The summed E-state index contributed by atoms with van der Waals surface area (Å²) >= 11 is 0. The molecule has 2 amide bonds. The molecule has 0 radical (unpaired) electrons. The van der Waals surface area contributed by atoms with Gasteiger partial charge in [-0.3, -0.25) is 9.59 Å². The number of para-hydroxylation sites is 1. The van der Waals surface area contributed by atoms with Crippen LogP contribution in [0.2, 0.25) is 0 Å². The average molecular weight is 437 g/mol. The second kappa shape index (κ2) is 10.8. The van der Waals surface area contributed by atoms with Crippen molar-refractivity contribution in [3.8, 4) is 0 Å². The highest BCUT2D eigenvalue weighted by molar-refractivity contribution is 6.29. The third-order valence-corrected chi connectivity index (χ3v) is 5.12. The highest BCUT2D eigenvalue weighted by atomic mass is 16.3. The molecule has 0 spiro atoms. The normalized spacial score (nSPS) is 11.1. The van der Waals surface area contributed by atoms with E-state index in [1.807, 2.05) is 60.7 Å². The summed E-state index contributed by atoms with van der Waals surface area (Å²) in [7, 11) is 0. The van der Waals surface area contributed by atoms with Crippen LogP contribution in [0, 0.1) is 0 Å². The average Bonchev–Trinajstić information content (AvgIpc) is 3.37. The van der Waals surface area contributed by atoms with Crippen LogP contribution in [0.4, 0.5) is 5.69 Å². The lowest BCUT2D eigenvalue weighted by molar-refractivity contribution is -0.111. The standard InChI is InChI=1S/C28H24N2O3/c31-27(29-18-17-21-10-3-1-4-11-21)24-15-7-8-16-26(24)30-28(32)25(20-23-14-9-19-33-23)22-12-5-2-6-13-22/h1-16,19-20H,17-18H2,(H,29,31)(H,30,32)/b25-20+. The molecule has 164 valence electrons. The minimum absolute atomic E-state index is 0.238. The number of amides is 2. The highest BCUT2D eigenvalue weighted by Gasteiger charge is 2.17. The van der Waals surface area contributed by atoms with Gasteiger partial charge < -0.3 is 15.1 Å². The van der Waals surface area contributed by atoms with Crippen molar-refractivity contribution in [1.29, 1.82) is 0 Å². The maximum atomic E-state index is 13.3. The van der Waals surface area contributed by atoms with Crippen molar-refractivity contribution in [1.82, 2.24) is 5.32 Å². The topological polar surface area (TPSA) is 71.3 Å². The minimum atomic E-state index is -0.331. The Morgan fingerprint density at radius 2 is 1.48 bits per heavy atom. The fourth-order valence-corrected chi connectivity index (χ4v) is 3.45. The van der Waals surface area contributed by atoms with Crippen molar-refractivity contribution >= 4 is 29.2 Å². The summed E-state index contributed by atoms with van der Waals surface area (Å²) in [5, 5.41) is 5.84. The van der Waals surface area contributed by atoms with Crippen molar-refractivity contribution < 1.29 is 14.0 Å². The molecule has 2 N–H and O–H groups in total. The van der Waals surface area contributed by atoms with Gasteiger partial charge >= 0.3 is 0 Å². The number of carbonyl (C=O) groups is 2. The smallest absolute Gasteiger partial charge is 0.256 e. The van der Waals surface area contributed by atoms with Gasteiger partial charge in [-0.2, -0.15) is 0 Å². The van der Waals surface area contributed by atoms with E-state index in [0.717, 1.165) is 17.5 Å². The van der Waals surface area contributed by atoms with E-state index >= 15 is 0 Å². The molecule has 4 rings (SSSR count). The zero-order valence-electron chi connectivity index (χ0n) is 18.0. The second-order valence-corrected chi connectivity index (χ2v) is 7.43. The van der Waals surface area contributed by atoms with Gasteiger partial charge in [0.25, 0.3) is 11.8 Å². The van der Waals surface area contributed by atoms with Crippen molar-refractivity contribution in [2.75, 3.05) is 11.9 Å². The van der Waals surface area contributed by atoms with Crippen LogP contribution in [0.5, 0.6) is 0 Å². The third-order valence-electron chi connectivity index (χ3n) is 5.12. The zero-order chi connectivity index (χ0) is 22.9. The van der Waals surface area contributed by atoms with Gasteiger partial charge in [-0.25, -0.2) is 0 Å². The molecule has 0 aliphatic rings.